The van der Waals surface area contributed by atoms with Gasteiger partial charge in [-0.05, 0) is 55.5 Å². The molecule has 22 heavy (non-hydrogen) atoms. The summed E-state index contributed by atoms with van der Waals surface area (Å²) in [6.45, 7) is 2.11. The lowest BCUT2D eigenvalue weighted by molar-refractivity contribution is 0.574. The van der Waals surface area contributed by atoms with Crippen molar-refractivity contribution in [3.05, 3.63) is 29.6 Å². The van der Waals surface area contributed by atoms with Crippen LogP contribution >= 0.6 is 11.3 Å². The van der Waals surface area contributed by atoms with E-state index in [2.05, 4.69) is 28.1 Å². The van der Waals surface area contributed by atoms with E-state index in [4.69, 9.17) is 10.7 Å². The Morgan fingerprint density at radius 2 is 2.27 bits per heavy atom. The maximum absolute atomic E-state index is 5.91. The fourth-order valence-electron chi connectivity index (χ4n) is 3.22. The van der Waals surface area contributed by atoms with Crippen molar-refractivity contribution in [1.82, 2.24) is 10.3 Å². The molecule has 1 aliphatic heterocycles. The maximum Gasteiger partial charge on any atom is 0.135 e. The third-order valence-electron chi connectivity index (χ3n) is 4.37. The van der Waals surface area contributed by atoms with Crippen molar-refractivity contribution in [3.8, 4) is 0 Å². The lowest BCUT2D eigenvalue weighted by atomic mass is 10.1. The van der Waals surface area contributed by atoms with Gasteiger partial charge in [0.1, 0.15) is 5.82 Å². The lowest BCUT2D eigenvalue weighted by Gasteiger charge is -2.13. The minimum atomic E-state index is 0.654. The lowest BCUT2D eigenvalue weighted by Crippen LogP contribution is -2.24. The van der Waals surface area contributed by atoms with Crippen LogP contribution in [0.5, 0.6) is 0 Å². The van der Waals surface area contributed by atoms with Crippen molar-refractivity contribution in [2.45, 2.75) is 25.3 Å². The zero-order valence-electron chi connectivity index (χ0n) is 12.4. The highest BCUT2D eigenvalue weighted by atomic mass is 32.1. The van der Waals surface area contributed by atoms with Crippen LogP contribution < -0.4 is 16.4 Å². The molecule has 0 radical (unpaired) electrons. The van der Waals surface area contributed by atoms with Crippen LogP contribution in [0.25, 0.3) is 21.0 Å². The fourth-order valence-corrected chi connectivity index (χ4v) is 4.15. The molecule has 0 saturated carbocycles. The van der Waals surface area contributed by atoms with E-state index in [1.807, 2.05) is 12.1 Å². The van der Waals surface area contributed by atoms with Crippen molar-refractivity contribution < 1.29 is 0 Å². The Labute approximate surface area is 133 Å². The van der Waals surface area contributed by atoms with Crippen molar-refractivity contribution in [3.63, 3.8) is 0 Å². The molecule has 4 rings (SSSR count). The molecule has 4 N–H and O–H groups in total. The highest BCUT2D eigenvalue weighted by molar-refractivity contribution is 7.18. The molecule has 1 atom stereocenters. The van der Waals surface area contributed by atoms with Crippen LogP contribution in [-0.2, 0) is 0 Å². The van der Waals surface area contributed by atoms with Crippen molar-refractivity contribution in [2.75, 3.05) is 24.1 Å². The Kier molecular flexibility index (Phi) is 3.60. The number of benzene rings is 1. The molecule has 0 spiro atoms. The first-order valence-corrected chi connectivity index (χ1v) is 8.73. The van der Waals surface area contributed by atoms with E-state index in [0.717, 1.165) is 36.5 Å². The summed E-state index contributed by atoms with van der Waals surface area (Å²) in [5.74, 6) is 0.979. The molecule has 1 unspecified atom stereocenters. The van der Waals surface area contributed by atoms with E-state index in [0.29, 0.717) is 6.04 Å². The minimum Gasteiger partial charge on any atom is -0.399 e. The molecule has 3 heterocycles. The van der Waals surface area contributed by atoms with Gasteiger partial charge in [-0.2, -0.15) is 0 Å². The number of nitrogens with two attached hydrogens (primary N) is 1. The molecule has 5 heteroatoms. The summed E-state index contributed by atoms with van der Waals surface area (Å²) in [5, 5.41) is 11.6. The third kappa shape index (κ3) is 2.51. The smallest absolute Gasteiger partial charge is 0.135 e. The standard InChI is InChI=1S/C17H20N4S/c18-11-3-4-13-15(10-11)21-17(14-6-9-22-16(13)14)20-8-5-12-2-1-7-19-12/h3-4,6,9-10,12,19H,1-2,5,7-8,18H2,(H,20,21). The second-order valence-corrected chi connectivity index (χ2v) is 6.83. The summed E-state index contributed by atoms with van der Waals surface area (Å²) >= 11 is 1.76. The molecule has 0 aliphatic carbocycles. The number of hydrogen-bond donors (Lipinski definition) is 3. The monoisotopic (exact) mass is 312 g/mol. The van der Waals surface area contributed by atoms with Crippen LogP contribution in [0.3, 0.4) is 0 Å². The van der Waals surface area contributed by atoms with Crippen molar-refractivity contribution in [1.29, 1.82) is 0 Å². The van der Waals surface area contributed by atoms with Gasteiger partial charge in [-0.15, -0.1) is 11.3 Å². The highest BCUT2D eigenvalue weighted by Gasteiger charge is 2.14. The Balaban J connectivity index is 1.64. The topological polar surface area (TPSA) is 63.0 Å². The second-order valence-electron chi connectivity index (χ2n) is 5.91. The molecule has 2 aromatic heterocycles. The van der Waals surface area contributed by atoms with Gasteiger partial charge in [0.25, 0.3) is 0 Å². The number of aromatic nitrogens is 1. The van der Waals surface area contributed by atoms with Crippen molar-refractivity contribution >= 4 is 43.8 Å². The van der Waals surface area contributed by atoms with E-state index < -0.39 is 0 Å². The van der Waals surface area contributed by atoms with Gasteiger partial charge in [-0.3, -0.25) is 0 Å². The summed E-state index contributed by atoms with van der Waals surface area (Å²) in [6, 6.07) is 8.78. The fraction of sp³-hybridized carbons (Fsp3) is 0.353. The summed E-state index contributed by atoms with van der Waals surface area (Å²) < 4.78 is 1.28. The highest BCUT2D eigenvalue weighted by Crippen LogP contribution is 2.34. The van der Waals surface area contributed by atoms with Gasteiger partial charge in [0.2, 0.25) is 0 Å². The summed E-state index contributed by atoms with van der Waals surface area (Å²) in [6.07, 6.45) is 3.73. The molecule has 0 bridgehead atoms. The predicted molar refractivity (Wildman–Crippen MR) is 95.7 cm³/mol. The summed E-state index contributed by atoms with van der Waals surface area (Å²) in [7, 11) is 0. The molecule has 3 aromatic rings. The Bertz CT molecular complexity index is 805. The Hall–Kier alpha value is -1.85. The number of fused-ring (bicyclic) bond motifs is 3. The molecule has 1 aliphatic rings. The Morgan fingerprint density at radius 1 is 1.32 bits per heavy atom. The minimum absolute atomic E-state index is 0.654. The quantitative estimate of drug-likeness (QED) is 0.644. The number of nitrogens with zero attached hydrogens (tertiary/aromatic N) is 1. The van der Waals surface area contributed by atoms with E-state index in [1.54, 1.807) is 11.3 Å². The largest absolute Gasteiger partial charge is 0.399 e. The average molecular weight is 312 g/mol. The molecule has 1 aromatic carbocycles. The van der Waals surface area contributed by atoms with Gasteiger partial charge in [0.05, 0.1) is 5.52 Å². The normalized spacial score (nSPS) is 18.3. The summed E-state index contributed by atoms with van der Waals surface area (Å²) in [5.41, 5.74) is 7.64. The first-order chi connectivity index (χ1) is 10.8. The average Bonchev–Trinajstić information content (AvgIpc) is 3.18. The first-order valence-electron chi connectivity index (χ1n) is 7.85. The maximum atomic E-state index is 5.91. The molecular formula is C17H20N4S. The molecule has 1 fully saturated rings. The van der Waals surface area contributed by atoms with E-state index in [1.165, 1.54) is 28.3 Å². The molecular weight excluding hydrogens is 292 g/mol. The van der Waals surface area contributed by atoms with Crippen LogP contribution in [-0.4, -0.2) is 24.1 Å². The molecule has 4 nitrogen and oxygen atoms in total. The van der Waals surface area contributed by atoms with Gasteiger partial charge < -0.3 is 16.4 Å². The molecule has 1 saturated heterocycles. The zero-order valence-corrected chi connectivity index (χ0v) is 13.2. The first kappa shape index (κ1) is 13.8. The predicted octanol–water partition coefficient (Wildman–Crippen LogP) is 3.59. The van der Waals surface area contributed by atoms with Crippen LogP contribution in [0.15, 0.2) is 29.6 Å². The van der Waals surface area contributed by atoms with Crippen LogP contribution in [0, 0.1) is 0 Å². The zero-order chi connectivity index (χ0) is 14.9. The number of pyridine rings is 1. The number of rotatable bonds is 4. The van der Waals surface area contributed by atoms with Gasteiger partial charge in [0, 0.05) is 33.7 Å². The van der Waals surface area contributed by atoms with Crippen LogP contribution in [0.1, 0.15) is 19.3 Å². The second kappa shape index (κ2) is 5.74. The number of thiophene rings is 1. The number of nitrogen functional groups attached to an aromatic ring is 1. The Morgan fingerprint density at radius 3 is 3.14 bits per heavy atom. The van der Waals surface area contributed by atoms with Crippen LogP contribution in [0.2, 0.25) is 0 Å². The molecule has 0 amide bonds. The number of nitrogens with one attached hydrogen (secondary N) is 2. The van der Waals surface area contributed by atoms with E-state index >= 15 is 0 Å². The van der Waals surface area contributed by atoms with Crippen molar-refractivity contribution in [2.24, 2.45) is 0 Å². The van der Waals surface area contributed by atoms with Gasteiger partial charge in [0.15, 0.2) is 0 Å². The third-order valence-corrected chi connectivity index (χ3v) is 5.31. The summed E-state index contributed by atoms with van der Waals surface area (Å²) in [4.78, 5) is 4.80. The van der Waals surface area contributed by atoms with Gasteiger partial charge in [-0.25, -0.2) is 4.98 Å². The van der Waals surface area contributed by atoms with E-state index in [9.17, 15) is 0 Å². The van der Waals surface area contributed by atoms with E-state index in [-0.39, 0.29) is 0 Å². The molecule has 114 valence electrons. The van der Waals surface area contributed by atoms with Gasteiger partial charge >= 0.3 is 0 Å². The number of anilines is 2. The number of hydrogen-bond acceptors (Lipinski definition) is 5. The SMILES string of the molecule is Nc1ccc2c(c1)nc(NCCC1CCCN1)c1ccsc12. The van der Waals surface area contributed by atoms with Gasteiger partial charge in [-0.1, -0.05) is 0 Å². The van der Waals surface area contributed by atoms with Crippen LogP contribution in [0.4, 0.5) is 11.5 Å².